The van der Waals surface area contributed by atoms with Crippen LogP contribution >= 0.6 is 38.5 Å². The molecule has 2 aromatic rings. The van der Waals surface area contributed by atoms with Gasteiger partial charge < -0.3 is 5.73 Å². The maximum atomic E-state index is 13.8. The molecule has 0 aliphatic heterocycles. The topological polar surface area (TPSA) is 26.0 Å². The summed E-state index contributed by atoms with van der Waals surface area (Å²) >= 11 is 5.63. The van der Waals surface area contributed by atoms with Gasteiger partial charge in [0.05, 0.1) is 6.04 Å². The highest BCUT2D eigenvalue weighted by Crippen LogP contribution is 2.29. The van der Waals surface area contributed by atoms with E-state index in [-0.39, 0.29) is 5.82 Å². The molecule has 18 heavy (non-hydrogen) atoms. The second-order valence-electron chi connectivity index (χ2n) is 4.17. The first-order valence-electron chi connectivity index (χ1n) is 5.45. The van der Waals surface area contributed by atoms with E-state index in [1.54, 1.807) is 12.1 Å². The zero-order valence-electron chi connectivity index (χ0n) is 9.75. The average Bonchev–Trinajstić information content (AvgIpc) is 2.34. The van der Waals surface area contributed by atoms with Crippen molar-refractivity contribution in [2.24, 2.45) is 5.73 Å². The van der Waals surface area contributed by atoms with Crippen molar-refractivity contribution in [1.29, 1.82) is 0 Å². The van der Waals surface area contributed by atoms with Crippen LogP contribution < -0.4 is 5.73 Å². The maximum absolute atomic E-state index is 13.8. The SMILES string of the molecule is Cc1ccc(F)c(C(N)c2cc(Br)ccc2I)c1. The van der Waals surface area contributed by atoms with Gasteiger partial charge in [0.1, 0.15) is 5.82 Å². The van der Waals surface area contributed by atoms with E-state index in [9.17, 15) is 4.39 Å². The third kappa shape index (κ3) is 2.92. The zero-order valence-corrected chi connectivity index (χ0v) is 13.5. The van der Waals surface area contributed by atoms with Crippen LogP contribution in [0.2, 0.25) is 0 Å². The Morgan fingerprint density at radius 1 is 1.17 bits per heavy atom. The van der Waals surface area contributed by atoms with Crippen molar-refractivity contribution in [3.63, 3.8) is 0 Å². The molecule has 0 saturated carbocycles. The van der Waals surface area contributed by atoms with Crippen molar-refractivity contribution in [2.75, 3.05) is 0 Å². The van der Waals surface area contributed by atoms with Gasteiger partial charge in [-0.3, -0.25) is 0 Å². The molecule has 1 atom stereocenters. The van der Waals surface area contributed by atoms with E-state index in [0.717, 1.165) is 19.2 Å². The minimum absolute atomic E-state index is 0.260. The minimum atomic E-state index is -0.450. The molecule has 2 aromatic carbocycles. The van der Waals surface area contributed by atoms with Gasteiger partial charge >= 0.3 is 0 Å². The Bertz CT molecular complexity index is 535. The Labute approximate surface area is 128 Å². The number of rotatable bonds is 2. The first-order valence-corrected chi connectivity index (χ1v) is 7.33. The lowest BCUT2D eigenvalue weighted by atomic mass is 9.98. The second-order valence-corrected chi connectivity index (χ2v) is 6.25. The summed E-state index contributed by atoms with van der Waals surface area (Å²) in [6, 6.07) is 10.4. The Balaban J connectivity index is 2.50. The normalized spacial score (nSPS) is 12.5. The molecule has 0 bridgehead atoms. The Hall–Kier alpha value is -0.460. The van der Waals surface area contributed by atoms with Gasteiger partial charge in [-0.1, -0.05) is 33.6 Å². The molecule has 0 fully saturated rings. The lowest BCUT2D eigenvalue weighted by molar-refractivity contribution is 0.598. The predicted octanol–water partition coefficient (Wildman–Crippen LogP) is 4.55. The first kappa shape index (κ1) is 14.0. The summed E-state index contributed by atoms with van der Waals surface area (Å²) in [4.78, 5) is 0. The largest absolute Gasteiger partial charge is 0.320 e. The second kappa shape index (κ2) is 5.67. The molecule has 94 valence electrons. The Morgan fingerprint density at radius 2 is 1.89 bits per heavy atom. The molecule has 1 unspecified atom stereocenters. The van der Waals surface area contributed by atoms with Gasteiger partial charge in [0.2, 0.25) is 0 Å². The van der Waals surface area contributed by atoms with Gasteiger partial charge in [0.25, 0.3) is 0 Å². The number of hydrogen-bond acceptors (Lipinski definition) is 1. The lowest BCUT2D eigenvalue weighted by Crippen LogP contribution is -2.15. The van der Waals surface area contributed by atoms with Crippen molar-refractivity contribution >= 4 is 38.5 Å². The van der Waals surface area contributed by atoms with Gasteiger partial charge in [-0.15, -0.1) is 0 Å². The van der Waals surface area contributed by atoms with Gasteiger partial charge in [0, 0.05) is 13.6 Å². The highest BCUT2D eigenvalue weighted by atomic mass is 127. The maximum Gasteiger partial charge on any atom is 0.128 e. The monoisotopic (exact) mass is 419 g/mol. The molecule has 2 rings (SSSR count). The van der Waals surface area contributed by atoms with Crippen molar-refractivity contribution in [1.82, 2.24) is 0 Å². The van der Waals surface area contributed by atoms with Crippen LogP contribution in [0.25, 0.3) is 0 Å². The number of hydrogen-bond donors (Lipinski definition) is 1. The van der Waals surface area contributed by atoms with E-state index in [2.05, 4.69) is 38.5 Å². The number of halogens is 3. The van der Waals surface area contributed by atoms with Crippen LogP contribution in [0.15, 0.2) is 40.9 Å². The van der Waals surface area contributed by atoms with Crippen LogP contribution in [-0.2, 0) is 0 Å². The average molecular weight is 420 g/mol. The van der Waals surface area contributed by atoms with Gasteiger partial charge in [-0.05, 0) is 59.3 Å². The van der Waals surface area contributed by atoms with E-state index >= 15 is 0 Å². The summed E-state index contributed by atoms with van der Waals surface area (Å²) < 4.78 is 15.8. The molecule has 0 aliphatic carbocycles. The fourth-order valence-electron chi connectivity index (χ4n) is 1.82. The summed E-state index contributed by atoms with van der Waals surface area (Å²) in [7, 11) is 0. The summed E-state index contributed by atoms with van der Waals surface area (Å²) in [5.74, 6) is -0.260. The number of nitrogens with two attached hydrogens (primary N) is 1. The Morgan fingerprint density at radius 3 is 2.61 bits per heavy atom. The smallest absolute Gasteiger partial charge is 0.128 e. The highest BCUT2D eigenvalue weighted by molar-refractivity contribution is 14.1. The van der Waals surface area contributed by atoms with Gasteiger partial charge in [-0.2, -0.15) is 0 Å². The van der Waals surface area contributed by atoms with E-state index < -0.39 is 6.04 Å². The molecule has 0 radical (unpaired) electrons. The quantitative estimate of drug-likeness (QED) is 0.710. The fourth-order valence-corrected chi connectivity index (χ4v) is 2.87. The molecule has 0 spiro atoms. The summed E-state index contributed by atoms with van der Waals surface area (Å²) in [6.45, 7) is 1.93. The van der Waals surface area contributed by atoms with Crippen LogP contribution in [0, 0.1) is 16.3 Å². The van der Waals surface area contributed by atoms with Crippen LogP contribution in [0.3, 0.4) is 0 Å². The number of benzene rings is 2. The van der Waals surface area contributed by atoms with Crippen molar-refractivity contribution in [2.45, 2.75) is 13.0 Å². The van der Waals surface area contributed by atoms with Gasteiger partial charge in [0.15, 0.2) is 0 Å². The molecule has 0 aliphatic rings. The van der Waals surface area contributed by atoms with Crippen LogP contribution in [0.1, 0.15) is 22.7 Å². The van der Waals surface area contributed by atoms with Crippen LogP contribution in [0.4, 0.5) is 4.39 Å². The first-order chi connectivity index (χ1) is 8.49. The summed E-state index contributed by atoms with van der Waals surface area (Å²) in [5, 5.41) is 0. The van der Waals surface area contributed by atoms with Gasteiger partial charge in [-0.25, -0.2) is 4.39 Å². The fraction of sp³-hybridized carbons (Fsp3) is 0.143. The predicted molar refractivity (Wildman–Crippen MR) is 84.0 cm³/mol. The van der Waals surface area contributed by atoms with Crippen molar-refractivity contribution < 1.29 is 4.39 Å². The molecule has 0 amide bonds. The zero-order chi connectivity index (χ0) is 13.3. The molecular weight excluding hydrogens is 408 g/mol. The molecular formula is C14H12BrFIN. The molecule has 4 heteroatoms. The third-order valence-electron chi connectivity index (χ3n) is 2.78. The van der Waals surface area contributed by atoms with Crippen molar-refractivity contribution in [3.8, 4) is 0 Å². The summed E-state index contributed by atoms with van der Waals surface area (Å²) in [6.07, 6.45) is 0. The number of aryl methyl sites for hydroxylation is 1. The van der Waals surface area contributed by atoms with E-state index in [0.29, 0.717) is 5.56 Å². The lowest BCUT2D eigenvalue weighted by Gasteiger charge is -2.16. The van der Waals surface area contributed by atoms with Crippen LogP contribution in [0.5, 0.6) is 0 Å². The van der Waals surface area contributed by atoms with Crippen molar-refractivity contribution in [3.05, 3.63) is 66.9 Å². The molecule has 0 saturated heterocycles. The molecule has 1 nitrogen and oxygen atoms in total. The van der Waals surface area contributed by atoms with E-state index in [4.69, 9.17) is 5.73 Å². The van der Waals surface area contributed by atoms with E-state index in [1.165, 1.54) is 6.07 Å². The Kier molecular flexibility index (Phi) is 4.40. The highest BCUT2D eigenvalue weighted by Gasteiger charge is 2.16. The van der Waals surface area contributed by atoms with Crippen LogP contribution in [-0.4, -0.2) is 0 Å². The molecule has 0 heterocycles. The molecule has 0 aromatic heterocycles. The third-order valence-corrected chi connectivity index (χ3v) is 4.26. The standard InChI is InChI=1S/C14H12BrFIN/c1-8-2-4-12(16)10(6-8)14(18)11-7-9(15)3-5-13(11)17/h2-7,14H,18H2,1H3. The summed E-state index contributed by atoms with van der Waals surface area (Å²) in [5.41, 5.74) is 8.66. The van der Waals surface area contributed by atoms with E-state index in [1.807, 2.05) is 25.1 Å². The molecule has 2 N–H and O–H groups in total. The minimum Gasteiger partial charge on any atom is -0.320 e.